The maximum absolute atomic E-state index is 11.2. The normalized spacial score (nSPS) is 12.4. The maximum atomic E-state index is 11.2. The molecule has 0 aliphatic heterocycles. The molecule has 0 aromatic rings. The van der Waals surface area contributed by atoms with Gasteiger partial charge in [0.1, 0.15) is 11.6 Å². The van der Waals surface area contributed by atoms with Crippen molar-refractivity contribution in [2.24, 2.45) is 5.73 Å². The molecular weight excluding hydrogens is 242 g/mol. The standard InChI is InChI=1S/C10H19N3O5/c1-10(2,3)18-9(17)13-5-7(14)12-4-6(11)8(15)16/h6H,4-5,11H2,1-3H3,(H,12,14)(H,13,17)(H,15,16)/t6-/m0/s1. The van der Waals surface area contributed by atoms with Crippen LogP contribution in [0.5, 0.6) is 0 Å². The molecule has 0 bridgehead atoms. The molecule has 0 aromatic carbocycles. The Kier molecular flexibility index (Phi) is 6.11. The van der Waals surface area contributed by atoms with Gasteiger partial charge in [-0.25, -0.2) is 4.79 Å². The van der Waals surface area contributed by atoms with Crippen LogP contribution in [-0.4, -0.2) is 47.8 Å². The molecule has 2 amide bonds. The minimum atomic E-state index is -1.21. The number of nitrogens with two attached hydrogens (primary N) is 1. The summed E-state index contributed by atoms with van der Waals surface area (Å²) in [5.41, 5.74) is 4.53. The summed E-state index contributed by atoms with van der Waals surface area (Å²) in [5.74, 6) is -1.76. The van der Waals surface area contributed by atoms with Gasteiger partial charge < -0.3 is 26.2 Å². The van der Waals surface area contributed by atoms with Gasteiger partial charge in [0.2, 0.25) is 5.91 Å². The molecule has 0 unspecified atom stereocenters. The van der Waals surface area contributed by atoms with Crippen LogP contribution in [0.4, 0.5) is 4.79 Å². The van der Waals surface area contributed by atoms with E-state index in [2.05, 4.69) is 10.6 Å². The molecule has 104 valence electrons. The van der Waals surface area contributed by atoms with E-state index in [9.17, 15) is 14.4 Å². The van der Waals surface area contributed by atoms with Gasteiger partial charge in [-0.3, -0.25) is 9.59 Å². The Hall–Kier alpha value is -1.83. The van der Waals surface area contributed by atoms with Gasteiger partial charge in [-0.05, 0) is 20.8 Å². The molecule has 1 atom stereocenters. The van der Waals surface area contributed by atoms with Gasteiger partial charge >= 0.3 is 12.1 Å². The molecular formula is C10H19N3O5. The largest absolute Gasteiger partial charge is 0.480 e. The molecule has 0 aliphatic carbocycles. The summed E-state index contributed by atoms with van der Waals surface area (Å²) in [6.07, 6.45) is -0.722. The van der Waals surface area contributed by atoms with Crippen LogP contribution < -0.4 is 16.4 Å². The Morgan fingerprint density at radius 3 is 2.28 bits per heavy atom. The summed E-state index contributed by atoms with van der Waals surface area (Å²) in [4.78, 5) is 32.8. The van der Waals surface area contributed by atoms with Crippen LogP contribution in [0.3, 0.4) is 0 Å². The molecule has 0 fully saturated rings. The number of carbonyl (C=O) groups is 3. The molecule has 8 nitrogen and oxygen atoms in total. The summed E-state index contributed by atoms with van der Waals surface area (Å²) in [6.45, 7) is 4.57. The van der Waals surface area contributed by atoms with Gasteiger partial charge in [-0.2, -0.15) is 0 Å². The third-order valence-corrected chi connectivity index (χ3v) is 1.63. The van der Waals surface area contributed by atoms with Crippen LogP contribution >= 0.6 is 0 Å². The minimum Gasteiger partial charge on any atom is -0.480 e. The Labute approximate surface area is 105 Å². The first kappa shape index (κ1) is 16.2. The number of rotatable bonds is 5. The second-order valence-electron chi connectivity index (χ2n) is 4.60. The van der Waals surface area contributed by atoms with Gasteiger partial charge in [0.25, 0.3) is 0 Å². The van der Waals surface area contributed by atoms with Gasteiger partial charge in [-0.1, -0.05) is 0 Å². The summed E-state index contributed by atoms with van der Waals surface area (Å²) in [5, 5.41) is 13.0. The smallest absolute Gasteiger partial charge is 0.408 e. The first-order valence-corrected chi connectivity index (χ1v) is 5.34. The number of hydrogen-bond acceptors (Lipinski definition) is 5. The average molecular weight is 261 g/mol. The Morgan fingerprint density at radius 2 is 1.83 bits per heavy atom. The summed E-state index contributed by atoms with van der Waals surface area (Å²) >= 11 is 0. The molecule has 5 N–H and O–H groups in total. The Morgan fingerprint density at radius 1 is 1.28 bits per heavy atom. The highest BCUT2D eigenvalue weighted by molar-refractivity contribution is 5.83. The van der Waals surface area contributed by atoms with Crippen molar-refractivity contribution in [2.45, 2.75) is 32.4 Å². The highest BCUT2D eigenvalue weighted by Gasteiger charge is 2.17. The Bertz CT molecular complexity index is 324. The van der Waals surface area contributed by atoms with Crippen LogP contribution in [0, 0.1) is 0 Å². The third-order valence-electron chi connectivity index (χ3n) is 1.63. The first-order chi connectivity index (χ1) is 8.11. The lowest BCUT2D eigenvalue weighted by atomic mass is 10.2. The van der Waals surface area contributed by atoms with E-state index in [1.807, 2.05) is 0 Å². The fourth-order valence-corrected chi connectivity index (χ4v) is 0.840. The predicted molar refractivity (Wildman–Crippen MR) is 62.9 cm³/mol. The number of alkyl carbamates (subject to hydrolysis) is 1. The van der Waals surface area contributed by atoms with E-state index in [4.69, 9.17) is 15.6 Å². The number of carboxylic acids is 1. The van der Waals surface area contributed by atoms with Crippen molar-refractivity contribution in [3.63, 3.8) is 0 Å². The van der Waals surface area contributed by atoms with E-state index in [0.29, 0.717) is 0 Å². The average Bonchev–Trinajstić information content (AvgIpc) is 2.20. The van der Waals surface area contributed by atoms with E-state index in [1.54, 1.807) is 20.8 Å². The van der Waals surface area contributed by atoms with Gasteiger partial charge in [0, 0.05) is 6.54 Å². The molecule has 0 aromatic heterocycles. The molecule has 0 rings (SSSR count). The van der Waals surface area contributed by atoms with E-state index in [1.165, 1.54) is 0 Å². The second-order valence-corrected chi connectivity index (χ2v) is 4.60. The fourth-order valence-electron chi connectivity index (χ4n) is 0.840. The topological polar surface area (TPSA) is 131 Å². The number of amides is 2. The van der Waals surface area contributed by atoms with Crippen molar-refractivity contribution >= 4 is 18.0 Å². The zero-order chi connectivity index (χ0) is 14.3. The highest BCUT2D eigenvalue weighted by Crippen LogP contribution is 2.05. The van der Waals surface area contributed by atoms with E-state index < -0.39 is 29.6 Å². The van der Waals surface area contributed by atoms with Crippen LogP contribution in [0.15, 0.2) is 0 Å². The quantitative estimate of drug-likeness (QED) is 0.504. The van der Waals surface area contributed by atoms with E-state index in [0.717, 1.165) is 0 Å². The molecule has 0 spiro atoms. The number of carboxylic acid groups (broad SMARTS) is 1. The fraction of sp³-hybridized carbons (Fsp3) is 0.700. The number of hydrogen-bond donors (Lipinski definition) is 4. The van der Waals surface area contributed by atoms with Crippen LogP contribution in [0.2, 0.25) is 0 Å². The number of nitrogens with one attached hydrogen (secondary N) is 2. The minimum absolute atomic E-state index is 0.204. The van der Waals surface area contributed by atoms with Gasteiger partial charge in [0.05, 0.1) is 6.54 Å². The van der Waals surface area contributed by atoms with Crippen molar-refractivity contribution in [3.05, 3.63) is 0 Å². The predicted octanol–water partition coefficient (Wildman–Crippen LogP) is -0.961. The molecule has 0 saturated carbocycles. The van der Waals surface area contributed by atoms with Crippen molar-refractivity contribution in [1.29, 1.82) is 0 Å². The highest BCUT2D eigenvalue weighted by atomic mass is 16.6. The van der Waals surface area contributed by atoms with Gasteiger partial charge in [-0.15, -0.1) is 0 Å². The van der Waals surface area contributed by atoms with Crippen molar-refractivity contribution < 1.29 is 24.2 Å². The van der Waals surface area contributed by atoms with E-state index in [-0.39, 0.29) is 13.1 Å². The molecule has 0 heterocycles. The second kappa shape index (κ2) is 6.80. The lowest BCUT2D eigenvalue weighted by Crippen LogP contribution is -2.46. The molecule has 0 aliphatic rings. The van der Waals surface area contributed by atoms with Gasteiger partial charge in [0.15, 0.2) is 0 Å². The van der Waals surface area contributed by atoms with Crippen LogP contribution in [0.1, 0.15) is 20.8 Å². The summed E-state index contributed by atoms with van der Waals surface area (Å²) in [7, 11) is 0. The molecule has 0 radical (unpaired) electrons. The Balaban J connectivity index is 3.84. The first-order valence-electron chi connectivity index (χ1n) is 5.34. The third kappa shape index (κ3) is 8.34. The number of carbonyl (C=O) groups excluding carboxylic acids is 2. The SMILES string of the molecule is CC(C)(C)OC(=O)NCC(=O)NC[C@H](N)C(=O)O. The van der Waals surface area contributed by atoms with Crippen LogP contribution in [0.25, 0.3) is 0 Å². The molecule has 18 heavy (non-hydrogen) atoms. The van der Waals surface area contributed by atoms with Crippen molar-refractivity contribution in [3.8, 4) is 0 Å². The number of ether oxygens (including phenoxy) is 1. The van der Waals surface area contributed by atoms with Crippen molar-refractivity contribution in [2.75, 3.05) is 13.1 Å². The lowest BCUT2D eigenvalue weighted by Gasteiger charge is -2.19. The zero-order valence-electron chi connectivity index (χ0n) is 10.6. The van der Waals surface area contributed by atoms with E-state index >= 15 is 0 Å². The summed E-state index contributed by atoms with van der Waals surface area (Å²) < 4.78 is 4.90. The summed E-state index contributed by atoms with van der Waals surface area (Å²) in [6, 6.07) is -1.17. The number of aliphatic carboxylic acids is 1. The monoisotopic (exact) mass is 261 g/mol. The molecule has 8 heteroatoms. The zero-order valence-corrected chi connectivity index (χ0v) is 10.6. The van der Waals surface area contributed by atoms with Crippen molar-refractivity contribution in [1.82, 2.24) is 10.6 Å². The lowest BCUT2D eigenvalue weighted by molar-refractivity contribution is -0.138. The maximum Gasteiger partial charge on any atom is 0.408 e. The van der Waals surface area contributed by atoms with Crippen LogP contribution in [-0.2, 0) is 14.3 Å². The molecule has 0 saturated heterocycles.